The van der Waals surface area contributed by atoms with Crippen molar-refractivity contribution in [1.29, 1.82) is 0 Å². The molecule has 0 saturated carbocycles. The number of ether oxygens (including phenoxy) is 1. The SMILES string of the molecule is CCC(C)c1ccc(COc2ccc(C=C3SC(=S)NC3=O)cc2)cc1. The summed E-state index contributed by atoms with van der Waals surface area (Å²) >= 11 is 6.28. The number of benzene rings is 2. The fourth-order valence-electron chi connectivity index (χ4n) is 2.58. The number of rotatable bonds is 6. The number of amides is 1. The second-order valence-corrected chi connectivity index (χ2v) is 7.98. The van der Waals surface area contributed by atoms with E-state index in [1.165, 1.54) is 17.3 Å². The zero-order valence-electron chi connectivity index (χ0n) is 14.8. The normalized spacial score (nSPS) is 16.6. The van der Waals surface area contributed by atoms with Crippen molar-refractivity contribution in [2.75, 3.05) is 0 Å². The van der Waals surface area contributed by atoms with Crippen LogP contribution in [-0.2, 0) is 11.4 Å². The number of nitrogens with one attached hydrogen (secondary N) is 1. The molecule has 0 spiro atoms. The smallest absolute Gasteiger partial charge is 0.263 e. The first kappa shape index (κ1) is 18.7. The van der Waals surface area contributed by atoms with Gasteiger partial charge in [-0.05, 0) is 47.2 Å². The van der Waals surface area contributed by atoms with Crippen molar-refractivity contribution in [3.63, 3.8) is 0 Å². The minimum Gasteiger partial charge on any atom is -0.489 e. The topological polar surface area (TPSA) is 38.3 Å². The van der Waals surface area contributed by atoms with Crippen LogP contribution in [0.25, 0.3) is 6.08 Å². The summed E-state index contributed by atoms with van der Waals surface area (Å²) in [6, 6.07) is 16.3. The lowest BCUT2D eigenvalue weighted by molar-refractivity contribution is -0.115. The van der Waals surface area contributed by atoms with Crippen molar-refractivity contribution in [2.45, 2.75) is 32.8 Å². The van der Waals surface area contributed by atoms with Crippen molar-refractivity contribution in [3.05, 3.63) is 70.1 Å². The van der Waals surface area contributed by atoms with Crippen molar-refractivity contribution in [3.8, 4) is 5.75 Å². The molecule has 1 heterocycles. The lowest BCUT2D eigenvalue weighted by Gasteiger charge is -2.10. The number of hydrogen-bond donors (Lipinski definition) is 1. The Hall–Kier alpha value is -2.11. The monoisotopic (exact) mass is 383 g/mol. The molecule has 1 atom stereocenters. The predicted octanol–water partition coefficient (Wildman–Crippen LogP) is 5.27. The summed E-state index contributed by atoms with van der Waals surface area (Å²) in [7, 11) is 0. The fourth-order valence-corrected chi connectivity index (χ4v) is 3.62. The second kappa shape index (κ2) is 8.52. The Morgan fingerprint density at radius 1 is 1.15 bits per heavy atom. The van der Waals surface area contributed by atoms with Gasteiger partial charge in [-0.15, -0.1) is 0 Å². The number of thioether (sulfide) groups is 1. The molecule has 2 aromatic rings. The van der Waals surface area contributed by atoms with Gasteiger partial charge in [-0.3, -0.25) is 4.79 Å². The third kappa shape index (κ3) is 4.74. The van der Waals surface area contributed by atoms with E-state index in [2.05, 4.69) is 43.4 Å². The van der Waals surface area contributed by atoms with E-state index in [1.807, 2.05) is 30.3 Å². The molecule has 1 aliphatic rings. The van der Waals surface area contributed by atoms with Crippen LogP contribution in [-0.4, -0.2) is 10.2 Å². The second-order valence-electron chi connectivity index (χ2n) is 6.26. The van der Waals surface area contributed by atoms with E-state index < -0.39 is 0 Å². The lowest BCUT2D eigenvalue weighted by atomic mass is 9.98. The van der Waals surface area contributed by atoms with Gasteiger partial charge in [0, 0.05) is 0 Å². The molecule has 134 valence electrons. The number of thiocarbonyl (C=S) groups is 1. The van der Waals surface area contributed by atoms with E-state index >= 15 is 0 Å². The zero-order valence-corrected chi connectivity index (χ0v) is 16.5. The molecule has 1 unspecified atom stereocenters. The van der Waals surface area contributed by atoms with Crippen LogP contribution in [0.2, 0.25) is 0 Å². The molecule has 0 aromatic heterocycles. The molecule has 0 radical (unpaired) electrons. The molecular formula is C21H21NO2S2. The summed E-state index contributed by atoms with van der Waals surface area (Å²) in [4.78, 5) is 12.3. The number of carbonyl (C=O) groups is 1. The number of hydrogen-bond acceptors (Lipinski definition) is 4. The summed E-state index contributed by atoms with van der Waals surface area (Å²) in [5, 5.41) is 2.61. The highest BCUT2D eigenvalue weighted by Crippen LogP contribution is 2.26. The molecule has 0 aliphatic carbocycles. The highest BCUT2D eigenvalue weighted by atomic mass is 32.2. The molecule has 3 rings (SSSR count). The number of carbonyl (C=O) groups excluding carboxylic acids is 1. The third-order valence-electron chi connectivity index (χ3n) is 4.39. The van der Waals surface area contributed by atoms with Crippen LogP contribution in [0.1, 0.15) is 42.9 Å². The van der Waals surface area contributed by atoms with Crippen molar-refractivity contribution >= 4 is 40.3 Å². The molecule has 26 heavy (non-hydrogen) atoms. The predicted molar refractivity (Wildman–Crippen MR) is 112 cm³/mol. The van der Waals surface area contributed by atoms with E-state index in [4.69, 9.17) is 17.0 Å². The van der Waals surface area contributed by atoms with Gasteiger partial charge in [0.2, 0.25) is 0 Å². The Morgan fingerprint density at radius 3 is 2.42 bits per heavy atom. The van der Waals surface area contributed by atoms with E-state index in [-0.39, 0.29) is 5.91 Å². The van der Waals surface area contributed by atoms with Crippen LogP contribution in [0, 0.1) is 0 Å². The molecule has 3 nitrogen and oxygen atoms in total. The van der Waals surface area contributed by atoms with E-state index in [1.54, 1.807) is 0 Å². The van der Waals surface area contributed by atoms with E-state index in [9.17, 15) is 4.79 Å². The summed E-state index contributed by atoms with van der Waals surface area (Å²) in [6.45, 7) is 4.98. The Labute approximate surface area is 163 Å². The molecule has 5 heteroatoms. The average molecular weight is 384 g/mol. The Kier molecular flexibility index (Phi) is 6.12. The standard InChI is InChI=1S/C21H21NO2S2/c1-3-14(2)17-8-4-16(5-9-17)13-24-18-10-6-15(7-11-18)12-19-20(23)22-21(25)26-19/h4-12,14H,3,13H2,1-2H3,(H,22,23,25). The van der Waals surface area contributed by atoms with Crippen LogP contribution in [0.5, 0.6) is 5.75 Å². The maximum absolute atomic E-state index is 11.7. The van der Waals surface area contributed by atoms with Crippen molar-refractivity contribution in [1.82, 2.24) is 5.32 Å². The molecule has 1 aliphatic heterocycles. The molecule has 1 amide bonds. The van der Waals surface area contributed by atoms with Gasteiger partial charge in [-0.25, -0.2) is 0 Å². The first-order valence-corrected chi connectivity index (χ1v) is 9.84. The summed E-state index contributed by atoms with van der Waals surface area (Å²) in [6.07, 6.45) is 2.97. The Morgan fingerprint density at radius 2 is 1.85 bits per heavy atom. The molecule has 1 fully saturated rings. The lowest BCUT2D eigenvalue weighted by Crippen LogP contribution is -2.17. The molecule has 1 saturated heterocycles. The summed E-state index contributed by atoms with van der Waals surface area (Å²) in [5.41, 5.74) is 3.45. The summed E-state index contributed by atoms with van der Waals surface area (Å²) in [5.74, 6) is 1.25. The van der Waals surface area contributed by atoms with E-state index in [0.717, 1.165) is 23.3 Å². The van der Waals surface area contributed by atoms with Crippen molar-refractivity contribution < 1.29 is 9.53 Å². The first-order chi connectivity index (χ1) is 12.5. The molecule has 0 bridgehead atoms. The minimum absolute atomic E-state index is 0.138. The molecule has 2 aromatic carbocycles. The zero-order chi connectivity index (χ0) is 18.5. The third-order valence-corrected chi connectivity index (χ3v) is 5.55. The van der Waals surface area contributed by atoms with Crippen LogP contribution in [0.15, 0.2) is 53.4 Å². The van der Waals surface area contributed by atoms with Gasteiger partial charge in [0.15, 0.2) is 0 Å². The van der Waals surface area contributed by atoms with Crippen LogP contribution in [0.3, 0.4) is 0 Å². The van der Waals surface area contributed by atoms with Gasteiger partial charge in [0.1, 0.15) is 16.7 Å². The molecule has 1 N–H and O–H groups in total. The van der Waals surface area contributed by atoms with Gasteiger partial charge >= 0.3 is 0 Å². The van der Waals surface area contributed by atoms with E-state index in [0.29, 0.717) is 21.8 Å². The summed E-state index contributed by atoms with van der Waals surface area (Å²) < 4.78 is 6.36. The quantitative estimate of drug-likeness (QED) is 0.545. The first-order valence-electron chi connectivity index (χ1n) is 8.61. The largest absolute Gasteiger partial charge is 0.489 e. The van der Waals surface area contributed by atoms with Gasteiger partial charge in [-0.2, -0.15) is 0 Å². The highest BCUT2D eigenvalue weighted by Gasteiger charge is 2.21. The van der Waals surface area contributed by atoms with Crippen LogP contribution >= 0.6 is 24.0 Å². The fraction of sp³-hybridized carbons (Fsp3) is 0.238. The Bertz CT molecular complexity index is 826. The van der Waals surface area contributed by atoms with Gasteiger partial charge in [-0.1, -0.05) is 74.2 Å². The molecular weight excluding hydrogens is 362 g/mol. The maximum atomic E-state index is 11.7. The van der Waals surface area contributed by atoms with Gasteiger partial charge < -0.3 is 10.1 Å². The minimum atomic E-state index is -0.138. The van der Waals surface area contributed by atoms with Crippen molar-refractivity contribution in [2.24, 2.45) is 0 Å². The van der Waals surface area contributed by atoms with Crippen LogP contribution in [0.4, 0.5) is 0 Å². The highest BCUT2D eigenvalue weighted by molar-refractivity contribution is 8.26. The Balaban J connectivity index is 1.59. The average Bonchev–Trinajstić information content (AvgIpc) is 2.98. The van der Waals surface area contributed by atoms with Gasteiger partial charge in [0.05, 0.1) is 4.91 Å². The van der Waals surface area contributed by atoms with Crippen LogP contribution < -0.4 is 10.1 Å². The van der Waals surface area contributed by atoms with Gasteiger partial charge in [0.25, 0.3) is 5.91 Å². The maximum Gasteiger partial charge on any atom is 0.263 e.